The van der Waals surface area contributed by atoms with Gasteiger partial charge in [0.1, 0.15) is 66.5 Å². The number of imidazole rings is 1. The molecule has 0 bridgehead atoms. The van der Waals surface area contributed by atoms with Gasteiger partial charge in [-0.1, -0.05) is 97.7 Å². The van der Waals surface area contributed by atoms with Crippen LogP contribution in [0.5, 0.6) is 0 Å². The first-order valence-electron chi connectivity index (χ1n) is 34.2. The van der Waals surface area contributed by atoms with Crippen LogP contribution in [0.4, 0.5) is 0 Å². The SMILES string of the molecule is C=CC[C@H](C)[C@@H]1NC(=O)[C@@H](CCCN)NC(=O)[C@@H](NC(=O)[C@@H](NC(=O)[C@@H](CCC(=O)O)NC(=O)[C@H](CC(C)C)NC(=O)[C@@H]2CSC([C@@H](N)[C@@H](C)CC)=N2)[C@@H](C)CC)CCCCNC(=O)[C@H](CC(N)=O)NC(=O)[C@@H](CC(=O)O)NC(=O)[C@H](Cc2cnc[nH]2)NC(=O)[C@@H](Cc2ccccc2)NC1=O. The van der Waals surface area contributed by atoms with Crippen molar-refractivity contribution in [3.8, 4) is 0 Å². The average molecular weight is 1430 g/mol. The lowest BCUT2D eigenvalue weighted by atomic mass is 9.95. The number of primary amides is 1. The molecule has 0 spiro atoms. The number of carboxylic acids is 2. The number of nitrogens with one attached hydrogen (secondary N) is 12. The summed E-state index contributed by atoms with van der Waals surface area (Å²) in [7, 11) is 0. The number of aliphatic imine (C=N–C) groups is 1. The van der Waals surface area contributed by atoms with Crippen molar-refractivity contribution in [3.05, 3.63) is 66.8 Å². The number of benzene rings is 1. The molecule has 2 aromatic rings. The van der Waals surface area contributed by atoms with Crippen molar-refractivity contribution in [1.29, 1.82) is 0 Å². The van der Waals surface area contributed by atoms with Crippen LogP contribution in [-0.2, 0) is 80.0 Å². The minimum atomic E-state index is -1.95. The van der Waals surface area contributed by atoms with E-state index in [0.717, 1.165) is 6.42 Å². The van der Waals surface area contributed by atoms with Gasteiger partial charge < -0.3 is 90.9 Å². The number of allylic oxidation sites excluding steroid dienone is 1. The van der Waals surface area contributed by atoms with Gasteiger partial charge in [-0.3, -0.25) is 72.1 Å². The smallest absolute Gasteiger partial charge is 0.305 e. The van der Waals surface area contributed by atoms with Gasteiger partial charge >= 0.3 is 11.9 Å². The van der Waals surface area contributed by atoms with Gasteiger partial charge in [0.05, 0.1) is 30.3 Å². The van der Waals surface area contributed by atoms with Gasteiger partial charge in [-0.05, 0) is 87.1 Å². The van der Waals surface area contributed by atoms with E-state index in [2.05, 4.69) is 80.0 Å². The fourth-order valence-electron chi connectivity index (χ4n) is 11.0. The first kappa shape index (κ1) is 84.1. The largest absolute Gasteiger partial charge is 0.481 e. The summed E-state index contributed by atoms with van der Waals surface area (Å²) >= 11 is 1.35. The highest BCUT2D eigenvalue weighted by Crippen LogP contribution is 2.25. The number of nitrogens with two attached hydrogens (primary N) is 3. The maximum atomic E-state index is 14.9. The summed E-state index contributed by atoms with van der Waals surface area (Å²) in [5.74, 6) is -15.7. The van der Waals surface area contributed by atoms with Crippen LogP contribution in [-0.4, -0.2) is 199 Å². The molecule has 34 heteroatoms. The Morgan fingerprint density at radius 3 is 1.90 bits per heavy atom. The first-order chi connectivity index (χ1) is 47.9. The van der Waals surface area contributed by atoms with E-state index < -0.39 is 193 Å². The number of aromatic nitrogens is 2. The molecule has 1 saturated heterocycles. The van der Waals surface area contributed by atoms with E-state index in [9.17, 15) is 77.3 Å². The summed E-state index contributed by atoms with van der Waals surface area (Å²) in [6.07, 6.45) is 1.56. The van der Waals surface area contributed by atoms with Crippen molar-refractivity contribution in [1.82, 2.24) is 68.5 Å². The van der Waals surface area contributed by atoms with Gasteiger partial charge in [0.2, 0.25) is 70.9 Å². The second kappa shape index (κ2) is 42.7. The normalized spacial score (nSPS) is 23.0. The lowest BCUT2D eigenvalue weighted by Crippen LogP contribution is -2.62. The molecule has 1 fully saturated rings. The second-order valence-corrected chi connectivity index (χ2v) is 27.1. The molecule has 15 atom stereocenters. The first-order valence-corrected chi connectivity index (χ1v) is 35.2. The number of hydrogen-bond donors (Lipinski definition) is 17. The number of thioether (sulfide) groups is 1. The van der Waals surface area contributed by atoms with E-state index >= 15 is 0 Å². The molecular formula is C67H103N17O16S. The predicted molar refractivity (Wildman–Crippen MR) is 374 cm³/mol. The van der Waals surface area contributed by atoms with Crippen LogP contribution in [0.15, 0.2) is 60.5 Å². The number of nitrogens with zero attached hydrogens (tertiary/aromatic N) is 2. The Labute approximate surface area is 591 Å². The van der Waals surface area contributed by atoms with Gasteiger partial charge in [-0.25, -0.2) is 4.98 Å². The zero-order valence-corrected chi connectivity index (χ0v) is 59.3. The maximum Gasteiger partial charge on any atom is 0.305 e. The number of aromatic amines is 1. The molecule has 0 aliphatic carbocycles. The Morgan fingerprint density at radius 2 is 1.31 bits per heavy atom. The van der Waals surface area contributed by atoms with E-state index in [1.54, 1.807) is 51.1 Å². The van der Waals surface area contributed by atoms with Crippen LogP contribution in [0.3, 0.4) is 0 Å². The molecule has 12 amide bonds. The van der Waals surface area contributed by atoms with Crippen molar-refractivity contribution in [2.75, 3.05) is 18.8 Å². The van der Waals surface area contributed by atoms with Crippen LogP contribution in [0, 0.1) is 23.7 Å². The highest BCUT2D eigenvalue weighted by molar-refractivity contribution is 8.14. The number of aliphatic carboxylic acids is 2. The fourth-order valence-corrected chi connectivity index (χ4v) is 12.2. The van der Waals surface area contributed by atoms with Gasteiger partial charge in [0, 0.05) is 43.5 Å². The minimum absolute atomic E-state index is 0.00770. The Hall–Kier alpha value is -9.31. The molecule has 4 rings (SSSR count). The number of amides is 12. The lowest BCUT2D eigenvalue weighted by molar-refractivity contribution is -0.142. The molecule has 0 radical (unpaired) electrons. The predicted octanol–water partition coefficient (Wildman–Crippen LogP) is -1.51. The second-order valence-electron chi connectivity index (χ2n) is 26.1. The third kappa shape index (κ3) is 28.3. The van der Waals surface area contributed by atoms with Crippen LogP contribution in [0.2, 0.25) is 0 Å². The molecule has 0 unspecified atom stereocenters. The molecule has 2 aliphatic rings. The highest BCUT2D eigenvalue weighted by atomic mass is 32.2. The van der Waals surface area contributed by atoms with Crippen LogP contribution >= 0.6 is 11.8 Å². The van der Waals surface area contributed by atoms with E-state index in [-0.39, 0.29) is 101 Å². The fraction of sp³-hybridized carbons (Fsp3) is 0.612. The average Bonchev–Trinajstić information content (AvgIpc) is 1.05. The quantitative estimate of drug-likeness (QED) is 0.0370. The van der Waals surface area contributed by atoms with Crippen molar-refractivity contribution in [2.24, 2.45) is 45.9 Å². The molecule has 2 aliphatic heterocycles. The number of H-pyrrole nitrogens is 1. The number of carbonyl (C=O) groups is 14. The van der Waals surface area contributed by atoms with Crippen molar-refractivity contribution in [2.45, 2.75) is 217 Å². The number of hydrogen-bond acceptors (Lipinski definition) is 19. The highest BCUT2D eigenvalue weighted by Gasteiger charge is 2.40. The van der Waals surface area contributed by atoms with Gasteiger partial charge in [0.25, 0.3) is 0 Å². The molecule has 20 N–H and O–H groups in total. The molecule has 33 nitrogen and oxygen atoms in total. The van der Waals surface area contributed by atoms with E-state index in [1.165, 1.54) is 30.4 Å². The van der Waals surface area contributed by atoms with Gasteiger partial charge in [-0.2, -0.15) is 0 Å². The third-order valence-electron chi connectivity index (χ3n) is 17.4. The van der Waals surface area contributed by atoms with Crippen molar-refractivity contribution >= 4 is 99.6 Å². The number of rotatable bonds is 32. The monoisotopic (exact) mass is 1430 g/mol. The Morgan fingerprint density at radius 1 is 0.703 bits per heavy atom. The molecule has 3 heterocycles. The summed E-state index contributed by atoms with van der Waals surface area (Å²) in [4.78, 5) is 207. The molecule has 558 valence electrons. The van der Waals surface area contributed by atoms with Crippen LogP contribution in [0.1, 0.15) is 143 Å². The topological polar surface area (TPSA) is 531 Å². The maximum absolute atomic E-state index is 14.9. The zero-order valence-electron chi connectivity index (χ0n) is 58.4. The molecule has 1 aromatic carbocycles. The Bertz CT molecular complexity index is 3210. The van der Waals surface area contributed by atoms with E-state index in [0.29, 0.717) is 10.6 Å². The summed E-state index contributed by atoms with van der Waals surface area (Å²) < 4.78 is 0. The van der Waals surface area contributed by atoms with Crippen LogP contribution < -0.4 is 75.7 Å². The third-order valence-corrected chi connectivity index (χ3v) is 18.5. The Kier molecular flexibility index (Phi) is 35.6. The summed E-state index contributed by atoms with van der Waals surface area (Å²) in [5.41, 5.74) is 18.7. The van der Waals surface area contributed by atoms with Crippen molar-refractivity contribution in [3.63, 3.8) is 0 Å². The minimum Gasteiger partial charge on any atom is -0.481 e. The van der Waals surface area contributed by atoms with Crippen molar-refractivity contribution < 1.29 is 77.3 Å². The van der Waals surface area contributed by atoms with Crippen LogP contribution in [0.25, 0.3) is 0 Å². The number of carbonyl (C=O) groups excluding carboxylic acids is 12. The van der Waals surface area contributed by atoms with Gasteiger partial charge in [0.15, 0.2) is 0 Å². The van der Waals surface area contributed by atoms with E-state index in [1.807, 2.05) is 27.7 Å². The molecule has 101 heavy (non-hydrogen) atoms. The molecule has 0 saturated carbocycles. The summed E-state index contributed by atoms with van der Waals surface area (Å²) in [5, 5.41) is 49.0. The lowest BCUT2D eigenvalue weighted by Gasteiger charge is -2.30. The van der Waals surface area contributed by atoms with Gasteiger partial charge in [-0.15, -0.1) is 18.3 Å². The summed E-state index contributed by atoms with van der Waals surface area (Å²) in [6, 6.07) is -8.56. The standard InChI is InChI=1S/C67H103N17O16S/c1-9-18-38(8)55-66(100)81-45(28-39-19-13-12-14-20-39)61(95)78-46(29-40-32-71-34-73-40)62(96)80-48(31-52(88)89)63(97)79-47(30-50(69)85)56(90)72-26-16-15-21-41(57(91)74-42(22-17-25-68)58(92)84-55)76-65(99)54(37(7)11-3)83-59(93)43(23-24-51(86)87)75-60(94)44(27-35(4)5)77-64(98)49-33-101-67(82-49)53(70)36(6)10-2/h9,12-14,19-20,32,34-38,41-49,53-55H,1,10-11,15-18,21-31,33,68,70H2,2-8H3,(H2,69,85)(H,71,73)(H,72,90)(H,74,91)(H,75,94)(H,76,99)(H,77,98)(H,78,95)(H,79,97)(H,80,96)(H,81,100)(H,83,93)(H,84,92)(H,86,87)(H,88,89)/t36-,37-,38-,41-,42+,43+,44-,45+,46-,47-,48+,49-,53-,54-,55-/m0/s1. The molecular weight excluding hydrogens is 1330 g/mol. The summed E-state index contributed by atoms with van der Waals surface area (Å²) in [6.45, 7) is 16.1. The van der Waals surface area contributed by atoms with E-state index in [4.69, 9.17) is 17.2 Å². The number of carboxylic acid groups (broad SMARTS) is 2. The Balaban J connectivity index is 1.79. The molecule has 1 aromatic heterocycles. The zero-order chi connectivity index (χ0) is 75.0.